The maximum absolute atomic E-state index is 11.8. The van der Waals surface area contributed by atoms with Gasteiger partial charge in [0, 0.05) is 18.6 Å². The molecule has 0 unspecified atom stereocenters. The van der Waals surface area contributed by atoms with E-state index >= 15 is 0 Å². The summed E-state index contributed by atoms with van der Waals surface area (Å²) in [5.74, 6) is -0.242. The minimum atomic E-state index is -0.242. The molecule has 1 amide bonds. The van der Waals surface area contributed by atoms with Gasteiger partial charge in [-0.25, -0.2) is 0 Å². The van der Waals surface area contributed by atoms with Gasteiger partial charge in [0.1, 0.15) is 0 Å². The van der Waals surface area contributed by atoms with Crippen LogP contribution in [-0.2, 0) is 6.54 Å². The number of hydrogen-bond acceptors (Lipinski definition) is 5. The van der Waals surface area contributed by atoms with E-state index in [1.54, 1.807) is 19.2 Å². The number of rotatable bonds is 4. The largest absolute Gasteiger partial charge is 0.363 e. The molecule has 2 aromatic rings. The van der Waals surface area contributed by atoms with Gasteiger partial charge in [-0.1, -0.05) is 35.1 Å². The molecule has 0 aliphatic heterocycles. The predicted octanol–water partition coefficient (Wildman–Crippen LogP) is 2.16. The highest BCUT2D eigenvalue weighted by Crippen LogP contribution is 2.14. The maximum atomic E-state index is 11.8. The van der Waals surface area contributed by atoms with E-state index in [2.05, 4.69) is 20.8 Å². The quantitative estimate of drug-likeness (QED) is 0.902. The van der Waals surface area contributed by atoms with Crippen LogP contribution in [0.2, 0.25) is 5.02 Å². The van der Waals surface area contributed by atoms with Gasteiger partial charge in [-0.05, 0) is 17.7 Å². The number of hydrogen-bond donors (Lipinski definition) is 2. The average molecular weight is 283 g/mol. The molecule has 7 heteroatoms. The molecule has 94 valence electrons. The monoisotopic (exact) mass is 282 g/mol. The van der Waals surface area contributed by atoms with E-state index in [1.807, 2.05) is 12.1 Å². The summed E-state index contributed by atoms with van der Waals surface area (Å²) in [5.41, 5.74) is 0.939. The first-order valence-electron chi connectivity index (χ1n) is 5.23. The number of halogens is 1. The van der Waals surface area contributed by atoms with E-state index in [9.17, 15) is 4.79 Å². The molecule has 18 heavy (non-hydrogen) atoms. The van der Waals surface area contributed by atoms with Crippen molar-refractivity contribution < 1.29 is 4.79 Å². The maximum Gasteiger partial charge on any atom is 0.282 e. The van der Waals surface area contributed by atoms with Crippen LogP contribution >= 0.6 is 22.9 Å². The second-order valence-corrected chi connectivity index (χ2v) is 4.89. The Balaban J connectivity index is 1.96. The van der Waals surface area contributed by atoms with Crippen molar-refractivity contribution in [1.29, 1.82) is 0 Å². The van der Waals surface area contributed by atoms with Gasteiger partial charge < -0.3 is 10.6 Å². The number of aromatic nitrogens is 2. The Bertz CT molecular complexity index is 557. The Labute approximate surface area is 113 Å². The van der Waals surface area contributed by atoms with Crippen molar-refractivity contribution >= 4 is 34.0 Å². The fraction of sp³-hybridized carbons (Fsp3) is 0.182. The molecule has 0 atom stereocenters. The topological polar surface area (TPSA) is 66.9 Å². The zero-order chi connectivity index (χ0) is 13.0. The first-order valence-corrected chi connectivity index (χ1v) is 6.42. The molecule has 0 radical (unpaired) electrons. The van der Waals surface area contributed by atoms with Crippen LogP contribution in [0.15, 0.2) is 24.3 Å². The van der Waals surface area contributed by atoms with E-state index in [0.717, 1.165) is 5.56 Å². The number of benzene rings is 1. The van der Waals surface area contributed by atoms with Crippen molar-refractivity contribution in [3.8, 4) is 0 Å². The molecule has 2 rings (SSSR count). The lowest BCUT2D eigenvalue weighted by Crippen LogP contribution is -2.22. The lowest BCUT2D eigenvalue weighted by atomic mass is 10.2. The zero-order valence-electron chi connectivity index (χ0n) is 9.61. The smallest absolute Gasteiger partial charge is 0.282 e. The van der Waals surface area contributed by atoms with Crippen molar-refractivity contribution in [3.63, 3.8) is 0 Å². The third kappa shape index (κ3) is 3.18. The fourth-order valence-corrected chi connectivity index (χ4v) is 2.15. The van der Waals surface area contributed by atoms with Crippen LogP contribution in [0, 0.1) is 0 Å². The number of carbonyl (C=O) groups excluding carboxylic acids is 1. The fourth-order valence-electron chi connectivity index (χ4n) is 1.32. The number of nitrogens with one attached hydrogen (secondary N) is 2. The van der Waals surface area contributed by atoms with E-state index < -0.39 is 0 Å². The Morgan fingerprint density at radius 1 is 1.44 bits per heavy atom. The summed E-state index contributed by atoms with van der Waals surface area (Å²) in [6.07, 6.45) is 0. The Kier molecular flexibility index (Phi) is 4.11. The second-order valence-electron chi connectivity index (χ2n) is 3.47. The summed E-state index contributed by atoms with van der Waals surface area (Å²) in [6, 6.07) is 7.33. The van der Waals surface area contributed by atoms with E-state index in [0.29, 0.717) is 21.7 Å². The molecule has 1 aromatic heterocycles. The van der Waals surface area contributed by atoms with Crippen LogP contribution in [-0.4, -0.2) is 23.2 Å². The molecular weight excluding hydrogens is 272 g/mol. The standard InChI is InChI=1S/C11H11ClN4OS/c1-13-11-16-15-10(18-11)9(17)14-6-7-3-2-4-8(12)5-7/h2-5H,6H2,1H3,(H,13,16)(H,14,17). The minimum absolute atomic E-state index is 0.242. The molecule has 0 saturated carbocycles. The van der Waals surface area contributed by atoms with Crippen LogP contribution in [0.1, 0.15) is 15.4 Å². The number of nitrogens with zero attached hydrogens (tertiary/aromatic N) is 2. The van der Waals surface area contributed by atoms with Gasteiger partial charge in [-0.15, -0.1) is 10.2 Å². The van der Waals surface area contributed by atoms with Gasteiger partial charge in [0.05, 0.1) is 0 Å². The van der Waals surface area contributed by atoms with Crippen LogP contribution in [0.25, 0.3) is 0 Å². The van der Waals surface area contributed by atoms with Gasteiger partial charge >= 0.3 is 0 Å². The van der Waals surface area contributed by atoms with Crippen molar-refractivity contribution in [2.75, 3.05) is 12.4 Å². The number of amides is 1. The molecule has 1 heterocycles. The highest BCUT2D eigenvalue weighted by molar-refractivity contribution is 7.17. The molecule has 0 saturated heterocycles. The number of anilines is 1. The zero-order valence-corrected chi connectivity index (χ0v) is 11.2. The molecule has 1 aromatic carbocycles. The molecule has 5 nitrogen and oxygen atoms in total. The van der Waals surface area contributed by atoms with E-state index in [4.69, 9.17) is 11.6 Å². The summed E-state index contributed by atoms with van der Waals surface area (Å²) in [5, 5.41) is 14.8. The van der Waals surface area contributed by atoms with Gasteiger partial charge in [-0.2, -0.15) is 0 Å². The van der Waals surface area contributed by atoms with Crippen molar-refractivity contribution in [3.05, 3.63) is 39.9 Å². The summed E-state index contributed by atoms with van der Waals surface area (Å²) < 4.78 is 0. The predicted molar refractivity (Wildman–Crippen MR) is 72.1 cm³/mol. The highest BCUT2D eigenvalue weighted by atomic mass is 35.5. The molecule has 0 aliphatic rings. The van der Waals surface area contributed by atoms with Crippen molar-refractivity contribution in [2.24, 2.45) is 0 Å². The van der Waals surface area contributed by atoms with Crippen molar-refractivity contribution in [2.45, 2.75) is 6.54 Å². The number of carbonyl (C=O) groups is 1. The Hall–Kier alpha value is -1.66. The third-order valence-corrected chi connectivity index (χ3v) is 3.35. The molecular formula is C11H11ClN4OS. The summed E-state index contributed by atoms with van der Waals surface area (Å²) in [7, 11) is 1.73. The molecule has 0 spiro atoms. The SMILES string of the molecule is CNc1nnc(C(=O)NCc2cccc(Cl)c2)s1. The van der Waals surface area contributed by atoms with E-state index in [1.165, 1.54) is 11.3 Å². The molecule has 0 bridgehead atoms. The van der Waals surface area contributed by atoms with Crippen molar-refractivity contribution in [1.82, 2.24) is 15.5 Å². The summed E-state index contributed by atoms with van der Waals surface area (Å²) in [6.45, 7) is 0.411. The molecule has 2 N–H and O–H groups in total. The van der Waals surface area contributed by atoms with Crippen LogP contribution in [0.3, 0.4) is 0 Å². The Morgan fingerprint density at radius 3 is 2.94 bits per heavy atom. The summed E-state index contributed by atoms with van der Waals surface area (Å²) in [4.78, 5) is 11.8. The molecule has 0 aliphatic carbocycles. The van der Waals surface area contributed by atoms with Crippen LogP contribution < -0.4 is 10.6 Å². The van der Waals surface area contributed by atoms with Crippen LogP contribution in [0.5, 0.6) is 0 Å². The van der Waals surface area contributed by atoms with Gasteiger partial charge in [0.25, 0.3) is 5.91 Å². The molecule has 0 fully saturated rings. The third-order valence-electron chi connectivity index (χ3n) is 2.18. The lowest BCUT2D eigenvalue weighted by molar-refractivity contribution is 0.0950. The lowest BCUT2D eigenvalue weighted by Gasteiger charge is -2.03. The first-order chi connectivity index (χ1) is 8.69. The van der Waals surface area contributed by atoms with Crippen LogP contribution in [0.4, 0.5) is 5.13 Å². The first kappa shape index (κ1) is 12.8. The van der Waals surface area contributed by atoms with Gasteiger partial charge in [0.2, 0.25) is 10.1 Å². The highest BCUT2D eigenvalue weighted by Gasteiger charge is 2.11. The normalized spacial score (nSPS) is 10.1. The average Bonchev–Trinajstić information content (AvgIpc) is 2.85. The Morgan fingerprint density at radius 2 is 2.28 bits per heavy atom. The van der Waals surface area contributed by atoms with Gasteiger partial charge in [0.15, 0.2) is 0 Å². The minimum Gasteiger partial charge on any atom is -0.363 e. The van der Waals surface area contributed by atoms with E-state index in [-0.39, 0.29) is 5.91 Å². The second kappa shape index (κ2) is 5.79. The summed E-state index contributed by atoms with van der Waals surface area (Å²) >= 11 is 7.07. The van der Waals surface area contributed by atoms with Gasteiger partial charge in [-0.3, -0.25) is 4.79 Å².